The highest BCUT2D eigenvalue weighted by molar-refractivity contribution is 5.95. The van der Waals surface area contributed by atoms with Crippen molar-refractivity contribution in [2.75, 3.05) is 46.9 Å². The minimum atomic E-state index is -4.34. The molecule has 1 aromatic rings. The molecule has 0 radical (unpaired) electrons. The van der Waals surface area contributed by atoms with E-state index < -0.39 is 17.7 Å². The van der Waals surface area contributed by atoms with Gasteiger partial charge in [-0.2, -0.15) is 13.2 Å². The number of piperazine rings is 1. The highest BCUT2D eigenvalue weighted by Crippen LogP contribution is 2.41. The summed E-state index contributed by atoms with van der Waals surface area (Å²) in [7, 11) is 3.00. The average molecular weight is 464 g/mol. The normalized spacial score (nSPS) is 24.4. The monoisotopic (exact) mass is 463 g/mol. The van der Waals surface area contributed by atoms with Gasteiger partial charge in [-0.15, -0.1) is 0 Å². The van der Waals surface area contributed by atoms with Crippen molar-refractivity contribution < 1.29 is 27.5 Å². The molecular formula is C24H28F3N3O3. The van der Waals surface area contributed by atoms with Crippen LogP contribution in [0, 0.1) is 11.8 Å². The van der Waals surface area contributed by atoms with E-state index in [1.807, 2.05) is 0 Å². The van der Waals surface area contributed by atoms with Crippen molar-refractivity contribution in [3.63, 3.8) is 0 Å². The van der Waals surface area contributed by atoms with E-state index in [4.69, 9.17) is 4.74 Å². The molecule has 6 nitrogen and oxygen atoms in total. The van der Waals surface area contributed by atoms with Crippen LogP contribution in [0.2, 0.25) is 0 Å². The van der Waals surface area contributed by atoms with Crippen LogP contribution in [0.4, 0.5) is 13.2 Å². The summed E-state index contributed by atoms with van der Waals surface area (Å²) in [5.74, 6) is -0.947. The third-order valence-electron chi connectivity index (χ3n) is 6.73. The predicted octanol–water partition coefficient (Wildman–Crippen LogP) is 2.91. The van der Waals surface area contributed by atoms with Gasteiger partial charge in [0.05, 0.1) is 24.2 Å². The number of methoxy groups -OCH3 is 1. The number of carbonyl (C=O) groups is 2. The fourth-order valence-corrected chi connectivity index (χ4v) is 4.98. The summed E-state index contributed by atoms with van der Waals surface area (Å²) in [5.41, 5.74) is 1.58. The zero-order chi connectivity index (χ0) is 23.8. The van der Waals surface area contributed by atoms with Crippen LogP contribution in [0.3, 0.4) is 0 Å². The maximum atomic E-state index is 13.0. The van der Waals surface area contributed by atoms with Crippen molar-refractivity contribution in [2.45, 2.75) is 19.1 Å². The Balaban J connectivity index is 1.34. The molecule has 33 heavy (non-hydrogen) atoms. The Hall–Kier alpha value is -2.65. The van der Waals surface area contributed by atoms with Crippen molar-refractivity contribution in [1.29, 1.82) is 0 Å². The molecule has 0 unspecified atom stereocenters. The van der Waals surface area contributed by atoms with Crippen molar-refractivity contribution >= 4 is 11.9 Å². The number of benzene rings is 1. The van der Waals surface area contributed by atoms with Gasteiger partial charge in [0, 0.05) is 58.4 Å². The van der Waals surface area contributed by atoms with Gasteiger partial charge < -0.3 is 9.64 Å². The van der Waals surface area contributed by atoms with Crippen molar-refractivity contribution in [3.8, 4) is 0 Å². The van der Waals surface area contributed by atoms with Crippen LogP contribution in [-0.2, 0) is 27.0 Å². The molecule has 0 saturated carbocycles. The molecule has 3 aliphatic rings. The van der Waals surface area contributed by atoms with E-state index in [-0.39, 0.29) is 17.7 Å². The molecule has 2 aliphatic heterocycles. The summed E-state index contributed by atoms with van der Waals surface area (Å²) in [6, 6.07) is 5.48. The van der Waals surface area contributed by atoms with Crippen LogP contribution in [0.25, 0.3) is 0 Å². The standard InChI is InChI=1S/C24H28F3N3O3/c1-28-15-20(23(32)33-2)19-7-6-17(21(19)22(28)31)14-30-10-8-29(9-11-30)13-16-4-3-5-18(12-16)24(25,26)27/h3-6,12,15,19,21H,7-11,13-14H2,1-2H3/t19-,21-/m1/s1. The fraction of sp³-hybridized carbons (Fsp3) is 0.500. The van der Waals surface area contributed by atoms with E-state index in [1.54, 1.807) is 19.3 Å². The second-order valence-corrected chi connectivity index (χ2v) is 8.87. The molecule has 2 heterocycles. The molecule has 4 rings (SSSR count). The highest BCUT2D eigenvalue weighted by Gasteiger charge is 2.44. The lowest BCUT2D eigenvalue weighted by Crippen LogP contribution is -2.47. The number of nitrogens with zero attached hydrogens (tertiary/aromatic N) is 3. The van der Waals surface area contributed by atoms with Crippen molar-refractivity contribution in [3.05, 3.63) is 58.8 Å². The molecule has 1 amide bonds. The Bertz CT molecular complexity index is 981. The smallest absolute Gasteiger partial charge is 0.416 e. The predicted molar refractivity (Wildman–Crippen MR) is 116 cm³/mol. The number of ether oxygens (including phenoxy) is 1. The van der Waals surface area contributed by atoms with E-state index in [9.17, 15) is 22.8 Å². The van der Waals surface area contributed by atoms with Crippen LogP contribution < -0.4 is 0 Å². The third-order valence-corrected chi connectivity index (χ3v) is 6.73. The largest absolute Gasteiger partial charge is 0.466 e. The van der Waals surface area contributed by atoms with E-state index in [2.05, 4.69) is 15.9 Å². The molecule has 1 aromatic carbocycles. The Morgan fingerprint density at radius 3 is 2.42 bits per heavy atom. The molecule has 2 atom stereocenters. The Morgan fingerprint density at radius 1 is 1.12 bits per heavy atom. The number of carbonyl (C=O) groups excluding carboxylic acids is 2. The van der Waals surface area contributed by atoms with Gasteiger partial charge in [0.25, 0.3) is 0 Å². The molecule has 178 valence electrons. The first-order valence-electron chi connectivity index (χ1n) is 11.0. The van der Waals surface area contributed by atoms with Crippen LogP contribution >= 0.6 is 0 Å². The molecule has 1 fully saturated rings. The Morgan fingerprint density at radius 2 is 1.79 bits per heavy atom. The summed E-state index contributed by atoms with van der Waals surface area (Å²) >= 11 is 0. The second-order valence-electron chi connectivity index (χ2n) is 8.87. The number of hydrogen-bond donors (Lipinski definition) is 0. The van der Waals surface area contributed by atoms with Crippen LogP contribution in [0.5, 0.6) is 0 Å². The summed E-state index contributed by atoms with van der Waals surface area (Å²) in [6.07, 6.45) is -0.0536. The third kappa shape index (κ3) is 4.99. The number of amides is 1. The van der Waals surface area contributed by atoms with Gasteiger partial charge in [-0.1, -0.05) is 24.3 Å². The van der Waals surface area contributed by atoms with Gasteiger partial charge in [0.1, 0.15) is 0 Å². The SMILES string of the molecule is COC(=O)C1=CN(C)C(=O)[C@@H]2C(CN3CCN(Cc4cccc(C(F)(F)F)c4)CC3)=CC[C@H]12. The Labute approximate surface area is 191 Å². The van der Waals surface area contributed by atoms with E-state index >= 15 is 0 Å². The second kappa shape index (κ2) is 9.30. The lowest BCUT2D eigenvalue weighted by Gasteiger charge is -2.37. The van der Waals surface area contributed by atoms with Crippen LogP contribution in [0.1, 0.15) is 17.5 Å². The fourth-order valence-electron chi connectivity index (χ4n) is 4.98. The van der Waals surface area contributed by atoms with Gasteiger partial charge in [-0.25, -0.2) is 4.79 Å². The van der Waals surface area contributed by atoms with Gasteiger partial charge in [0.2, 0.25) is 5.91 Å². The number of halogens is 3. The quantitative estimate of drug-likeness (QED) is 0.497. The van der Waals surface area contributed by atoms with Gasteiger partial charge >= 0.3 is 12.1 Å². The minimum Gasteiger partial charge on any atom is -0.466 e. The maximum Gasteiger partial charge on any atom is 0.416 e. The first-order chi connectivity index (χ1) is 15.7. The summed E-state index contributed by atoms with van der Waals surface area (Å²) < 4.78 is 43.8. The first kappa shape index (κ1) is 23.5. The molecule has 0 N–H and O–H groups in total. The van der Waals surface area contributed by atoms with E-state index in [0.29, 0.717) is 30.6 Å². The van der Waals surface area contributed by atoms with Crippen LogP contribution in [0.15, 0.2) is 47.7 Å². The number of allylic oxidation sites excluding steroid dienone is 1. The Kier molecular flexibility index (Phi) is 6.63. The summed E-state index contributed by atoms with van der Waals surface area (Å²) in [4.78, 5) is 30.9. The lowest BCUT2D eigenvalue weighted by atomic mass is 9.82. The number of hydrogen-bond acceptors (Lipinski definition) is 5. The number of fused-ring (bicyclic) bond motifs is 1. The molecule has 0 bridgehead atoms. The highest BCUT2D eigenvalue weighted by atomic mass is 19.4. The average Bonchev–Trinajstić information content (AvgIpc) is 3.20. The molecule has 1 saturated heterocycles. The van der Waals surface area contributed by atoms with E-state index in [1.165, 1.54) is 24.1 Å². The molecule has 0 spiro atoms. The lowest BCUT2D eigenvalue weighted by molar-refractivity contribution is -0.139. The molecule has 1 aliphatic carbocycles. The number of alkyl halides is 3. The van der Waals surface area contributed by atoms with Gasteiger partial charge in [0.15, 0.2) is 0 Å². The minimum absolute atomic E-state index is 0.0143. The maximum absolute atomic E-state index is 13.0. The summed E-state index contributed by atoms with van der Waals surface area (Å²) in [6.45, 7) is 4.11. The number of esters is 1. The zero-order valence-corrected chi connectivity index (χ0v) is 18.8. The van der Waals surface area contributed by atoms with Crippen molar-refractivity contribution in [2.24, 2.45) is 11.8 Å². The van der Waals surface area contributed by atoms with Gasteiger partial charge in [-0.3, -0.25) is 14.6 Å². The summed E-state index contributed by atoms with van der Waals surface area (Å²) in [5, 5.41) is 0. The topological polar surface area (TPSA) is 53.1 Å². The molecule has 0 aromatic heterocycles. The van der Waals surface area contributed by atoms with E-state index in [0.717, 1.165) is 37.8 Å². The number of rotatable bonds is 5. The first-order valence-corrected chi connectivity index (χ1v) is 11.0. The zero-order valence-electron chi connectivity index (χ0n) is 18.8. The van der Waals surface area contributed by atoms with Crippen molar-refractivity contribution in [1.82, 2.24) is 14.7 Å². The van der Waals surface area contributed by atoms with Crippen LogP contribution in [-0.4, -0.2) is 73.5 Å². The molecular weight excluding hydrogens is 435 g/mol. The molecule has 9 heteroatoms. The van der Waals surface area contributed by atoms with Gasteiger partial charge in [-0.05, 0) is 23.6 Å².